The van der Waals surface area contributed by atoms with Crippen molar-refractivity contribution in [3.63, 3.8) is 0 Å². The van der Waals surface area contributed by atoms with Crippen LogP contribution < -0.4 is 9.47 Å². The summed E-state index contributed by atoms with van der Waals surface area (Å²) in [6.07, 6.45) is 2.69. The van der Waals surface area contributed by atoms with Crippen LogP contribution in [0.15, 0.2) is 40.9 Å². The first-order valence-corrected chi connectivity index (χ1v) is 12.7. The molecule has 1 N–H and O–H groups in total. The number of aromatic nitrogens is 5. The monoisotopic (exact) mass is 555 g/mol. The van der Waals surface area contributed by atoms with Crippen molar-refractivity contribution in [3.8, 4) is 11.5 Å². The fraction of sp³-hybridized carbons (Fsp3) is 0.357. The van der Waals surface area contributed by atoms with Gasteiger partial charge in [-0.1, -0.05) is 10.4 Å². The lowest BCUT2D eigenvalue weighted by Gasteiger charge is -2.08. The lowest BCUT2D eigenvalue weighted by atomic mass is 10.1. The van der Waals surface area contributed by atoms with Crippen LogP contribution in [0.5, 0.6) is 11.5 Å². The largest absolute Gasteiger partial charge is 0.490 e. The van der Waals surface area contributed by atoms with Gasteiger partial charge in [0.2, 0.25) is 0 Å². The maximum Gasteiger partial charge on any atom is 0.174 e. The second kappa shape index (κ2) is 14.6. The number of Topliss-reactive ketones (excluding diaryl/α,β-unsaturated/α-hetero) is 2. The maximum atomic E-state index is 13.6. The van der Waals surface area contributed by atoms with Gasteiger partial charge in [-0.25, -0.2) is 8.78 Å². The number of benzene rings is 2. The van der Waals surface area contributed by atoms with Crippen LogP contribution in [0.25, 0.3) is 0 Å². The van der Waals surface area contributed by atoms with Gasteiger partial charge in [0.05, 0.1) is 18.9 Å². The van der Waals surface area contributed by atoms with Crippen molar-refractivity contribution in [2.75, 3.05) is 13.2 Å². The van der Waals surface area contributed by atoms with Crippen molar-refractivity contribution in [1.82, 2.24) is 25.8 Å². The van der Waals surface area contributed by atoms with E-state index in [1.807, 2.05) is 13.8 Å². The van der Waals surface area contributed by atoms with Gasteiger partial charge in [-0.15, -0.1) is 10.2 Å². The van der Waals surface area contributed by atoms with Crippen LogP contribution in [0.1, 0.15) is 70.2 Å². The minimum Gasteiger partial charge on any atom is -0.490 e. The quantitative estimate of drug-likeness (QED) is 0.185. The molecule has 0 aliphatic heterocycles. The fourth-order valence-electron chi connectivity index (χ4n) is 3.66. The van der Waals surface area contributed by atoms with E-state index < -0.39 is 11.6 Å². The number of carbonyl (C=O) groups is 2. The number of ketones is 2. The number of tetrazole rings is 1. The first-order chi connectivity index (χ1) is 19.2. The van der Waals surface area contributed by atoms with E-state index in [4.69, 9.17) is 14.0 Å². The van der Waals surface area contributed by atoms with Gasteiger partial charge in [-0.05, 0) is 83.4 Å². The molecule has 0 atom stereocenters. The van der Waals surface area contributed by atoms with Crippen LogP contribution >= 0.6 is 0 Å². The molecule has 0 amide bonds. The second-order valence-electron chi connectivity index (χ2n) is 8.94. The third-order valence-electron chi connectivity index (χ3n) is 5.88. The molecule has 0 spiro atoms. The highest BCUT2D eigenvalue weighted by molar-refractivity contribution is 5.94. The van der Waals surface area contributed by atoms with E-state index in [2.05, 4.69) is 25.8 Å². The molecule has 0 fully saturated rings. The lowest BCUT2D eigenvalue weighted by Crippen LogP contribution is -2.03. The molecule has 0 saturated heterocycles. The second-order valence-corrected chi connectivity index (χ2v) is 8.94. The summed E-state index contributed by atoms with van der Waals surface area (Å²) in [4.78, 5) is 22.5. The number of H-pyrrole nitrogens is 1. The molecule has 212 valence electrons. The number of ether oxygens (including phenoxy) is 2. The summed E-state index contributed by atoms with van der Waals surface area (Å²) in [5.74, 6) is 0.398. The van der Waals surface area contributed by atoms with Crippen molar-refractivity contribution in [3.05, 3.63) is 82.0 Å². The summed E-state index contributed by atoms with van der Waals surface area (Å²) >= 11 is 0. The van der Waals surface area contributed by atoms with Crippen LogP contribution in [0.2, 0.25) is 0 Å². The van der Waals surface area contributed by atoms with E-state index in [0.29, 0.717) is 49.4 Å². The minimum absolute atomic E-state index is 0.0841. The topological polar surface area (TPSA) is 133 Å². The van der Waals surface area contributed by atoms with E-state index in [1.165, 1.54) is 50.2 Å². The number of rotatable bonds is 12. The van der Waals surface area contributed by atoms with Gasteiger partial charge >= 0.3 is 0 Å². The number of halogens is 2. The molecular weight excluding hydrogens is 524 g/mol. The Hall–Kier alpha value is -4.48. The Bertz CT molecular complexity index is 1400. The number of nitrogens with one attached hydrogen (secondary N) is 1. The van der Waals surface area contributed by atoms with E-state index in [0.717, 1.165) is 23.4 Å². The van der Waals surface area contributed by atoms with Gasteiger partial charge in [-0.2, -0.15) is 5.21 Å². The average molecular weight is 556 g/mol. The zero-order chi connectivity index (χ0) is 29.1. The zero-order valence-electron chi connectivity index (χ0n) is 22.8. The Morgan fingerprint density at radius 2 is 1.43 bits per heavy atom. The summed E-state index contributed by atoms with van der Waals surface area (Å²) in [7, 11) is 0. The number of hydrogen-bond donors (Lipinski definition) is 1. The van der Waals surface area contributed by atoms with Crippen molar-refractivity contribution >= 4 is 11.6 Å². The average Bonchev–Trinajstić information content (AvgIpc) is 3.56. The summed E-state index contributed by atoms with van der Waals surface area (Å²) in [6, 6.07) is 8.21. The molecule has 0 bridgehead atoms. The van der Waals surface area contributed by atoms with Crippen molar-refractivity contribution in [2.45, 2.75) is 53.4 Å². The first kappa shape index (κ1) is 30.1. The smallest absolute Gasteiger partial charge is 0.174 e. The van der Waals surface area contributed by atoms with E-state index in [-0.39, 0.29) is 23.1 Å². The molecule has 0 saturated carbocycles. The van der Waals surface area contributed by atoms with Gasteiger partial charge in [0.25, 0.3) is 0 Å². The molecule has 12 heteroatoms. The Balaban J connectivity index is 0.000000222. The van der Waals surface area contributed by atoms with E-state index >= 15 is 0 Å². The Labute approximate surface area is 230 Å². The minimum atomic E-state index is -0.482. The zero-order valence-corrected chi connectivity index (χ0v) is 22.8. The van der Waals surface area contributed by atoms with Gasteiger partial charge in [-0.3, -0.25) is 9.59 Å². The fourth-order valence-corrected chi connectivity index (χ4v) is 3.66. The van der Waals surface area contributed by atoms with Gasteiger partial charge in [0.15, 0.2) is 40.5 Å². The number of carbonyl (C=O) groups excluding carboxylic acids is 2. The molecule has 40 heavy (non-hydrogen) atoms. The predicted octanol–water partition coefficient (Wildman–Crippen LogP) is 5.20. The molecule has 4 aromatic rings. The molecule has 4 rings (SSSR count). The highest BCUT2D eigenvalue weighted by Crippen LogP contribution is 2.21. The van der Waals surface area contributed by atoms with Crippen LogP contribution in [0.4, 0.5) is 8.78 Å². The summed E-state index contributed by atoms with van der Waals surface area (Å²) in [6.45, 7) is 7.30. The normalized spacial score (nSPS) is 10.6. The van der Waals surface area contributed by atoms with Crippen molar-refractivity contribution in [1.29, 1.82) is 0 Å². The highest BCUT2D eigenvalue weighted by atomic mass is 19.1. The molecule has 0 aliphatic rings. The number of nitrogens with zero attached hydrogens (tertiary/aromatic N) is 4. The Morgan fingerprint density at radius 1 is 0.875 bits per heavy atom. The third-order valence-corrected chi connectivity index (χ3v) is 5.88. The lowest BCUT2D eigenvalue weighted by molar-refractivity contribution is 0.100. The van der Waals surface area contributed by atoms with Crippen molar-refractivity contribution < 1.29 is 32.4 Å². The summed E-state index contributed by atoms with van der Waals surface area (Å²) in [5.41, 5.74) is 2.81. The number of aryl methyl sites for hydroxylation is 3. The first-order valence-electron chi connectivity index (χ1n) is 12.7. The Morgan fingerprint density at radius 3 is 1.88 bits per heavy atom. The van der Waals surface area contributed by atoms with E-state index in [9.17, 15) is 18.4 Å². The molecule has 2 heterocycles. The van der Waals surface area contributed by atoms with Crippen LogP contribution in [-0.2, 0) is 12.8 Å². The van der Waals surface area contributed by atoms with Crippen LogP contribution in [-0.4, -0.2) is 50.6 Å². The molecule has 10 nitrogen and oxygen atoms in total. The molecule has 0 unspecified atom stereocenters. The molecule has 2 aromatic heterocycles. The molecular formula is C28H31F2N5O5. The predicted molar refractivity (Wildman–Crippen MR) is 141 cm³/mol. The third kappa shape index (κ3) is 8.79. The molecule has 0 radical (unpaired) electrons. The standard InChI is InChI=1S/C16H18FNO3.C12H13FN4O2/c1-10-14(12(3)21-18-10)5-4-8-20-16-9-13(11(2)19)6-7-15(16)17;1-8(18)9-4-5-10(13)11(7-9)19-6-2-3-12-14-16-17-15-12/h6-7,9H,4-5,8H2,1-3H3;4-5,7H,2-3,6H2,1H3,(H,14,15,16,17). The highest BCUT2D eigenvalue weighted by Gasteiger charge is 2.11. The summed E-state index contributed by atoms with van der Waals surface area (Å²) < 4.78 is 42.9. The SMILES string of the molecule is CC(=O)c1ccc(F)c(OCCCc2c(C)noc2C)c1.CC(=O)c1ccc(F)c(OCCCc2nn[nH]n2)c1. The van der Waals surface area contributed by atoms with Gasteiger partial charge in [0, 0.05) is 23.1 Å². The molecule has 2 aromatic carbocycles. The van der Waals surface area contributed by atoms with Gasteiger partial charge in [0.1, 0.15) is 5.76 Å². The Kier molecular flexibility index (Phi) is 11.0. The summed E-state index contributed by atoms with van der Waals surface area (Å²) in [5, 5.41) is 17.3. The van der Waals surface area contributed by atoms with Crippen LogP contribution in [0.3, 0.4) is 0 Å². The maximum absolute atomic E-state index is 13.6. The van der Waals surface area contributed by atoms with Gasteiger partial charge < -0.3 is 14.0 Å². The van der Waals surface area contributed by atoms with E-state index in [1.54, 1.807) is 0 Å². The van der Waals surface area contributed by atoms with Crippen LogP contribution in [0, 0.1) is 25.5 Å². The molecule has 0 aliphatic carbocycles. The number of hydrogen-bond acceptors (Lipinski definition) is 9. The van der Waals surface area contributed by atoms with Crippen molar-refractivity contribution in [2.24, 2.45) is 0 Å². The number of aromatic amines is 1.